The third-order valence-electron chi connectivity index (χ3n) is 2.44. The van der Waals surface area contributed by atoms with Crippen molar-refractivity contribution in [2.45, 2.75) is 0 Å². The molecule has 0 amide bonds. The molecule has 0 aliphatic rings. The first-order valence-electron chi connectivity index (χ1n) is 5.80. The number of ether oxygens (including phenoxy) is 1. The van der Waals surface area contributed by atoms with E-state index in [1.165, 1.54) is 0 Å². The average Bonchev–Trinajstić information content (AvgIpc) is 2.47. The Morgan fingerprint density at radius 3 is 2.26 bits per heavy atom. The Kier molecular flexibility index (Phi) is 4.58. The van der Waals surface area contributed by atoms with E-state index in [2.05, 4.69) is 16.2 Å². The zero-order valence-electron chi connectivity index (χ0n) is 10.5. The minimum Gasteiger partial charge on any atom is -0.497 e. The lowest BCUT2D eigenvalue weighted by Gasteiger charge is -2.12. The lowest BCUT2D eigenvalue weighted by atomic mass is 10.3. The monoisotopic (exact) mass is 273 g/mol. The highest BCUT2D eigenvalue weighted by Crippen LogP contribution is 2.14. The van der Waals surface area contributed by atoms with E-state index in [-0.39, 0.29) is 0 Å². The highest BCUT2D eigenvalue weighted by Gasteiger charge is 1.97. The van der Waals surface area contributed by atoms with Crippen molar-refractivity contribution in [3.05, 3.63) is 54.6 Å². The molecule has 0 saturated carbocycles. The fourth-order valence-electron chi connectivity index (χ4n) is 1.49. The largest absolute Gasteiger partial charge is 0.497 e. The van der Waals surface area contributed by atoms with Gasteiger partial charge in [-0.1, -0.05) is 18.2 Å². The van der Waals surface area contributed by atoms with E-state index in [0.717, 1.165) is 17.1 Å². The van der Waals surface area contributed by atoms with E-state index < -0.39 is 0 Å². The predicted molar refractivity (Wildman–Crippen MR) is 82.4 cm³/mol. The highest BCUT2D eigenvalue weighted by atomic mass is 32.1. The molecule has 98 valence electrons. The van der Waals surface area contributed by atoms with Crippen LogP contribution in [0.15, 0.2) is 54.6 Å². The molecule has 0 aromatic heterocycles. The summed E-state index contributed by atoms with van der Waals surface area (Å²) in [6.07, 6.45) is 0. The van der Waals surface area contributed by atoms with Crippen molar-refractivity contribution in [3.63, 3.8) is 0 Å². The number of para-hydroxylation sites is 1. The van der Waals surface area contributed by atoms with Crippen LogP contribution >= 0.6 is 12.2 Å². The molecule has 0 heterocycles. The molecule has 0 aliphatic heterocycles. The minimum absolute atomic E-state index is 0.494. The average molecular weight is 273 g/mol. The van der Waals surface area contributed by atoms with Crippen molar-refractivity contribution >= 4 is 28.7 Å². The summed E-state index contributed by atoms with van der Waals surface area (Å²) in [5.41, 5.74) is 7.77. The molecule has 2 rings (SSSR count). The lowest BCUT2D eigenvalue weighted by molar-refractivity contribution is 0.415. The first kappa shape index (κ1) is 13.2. The standard InChI is InChI=1S/C14H15N3OS/c1-18-13-9-7-11(8-10-13)15-14(19)17-16-12-5-3-2-4-6-12/h2-10,16H,1H3,(H2,15,17,19). The van der Waals surface area contributed by atoms with E-state index in [1.54, 1.807) is 7.11 Å². The molecule has 2 aromatic carbocycles. The van der Waals surface area contributed by atoms with Crippen LogP contribution in [0.5, 0.6) is 5.75 Å². The van der Waals surface area contributed by atoms with Gasteiger partial charge in [-0.2, -0.15) is 0 Å². The Bertz CT molecular complexity index is 528. The maximum atomic E-state index is 5.18. The first-order chi connectivity index (χ1) is 9.28. The topological polar surface area (TPSA) is 45.3 Å². The van der Waals surface area contributed by atoms with Crippen molar-refractivity contribution < 1.29 is 4.74 Å². The van der Waals surface area contributed by atoms with Gasteiger partial charge in [0.25, 0.3) is 0 Å². The van der Waals surface area contributed by atoms with Crippen molar-refractivity contribution in [2.75, 3.05) is 17.9 Å². The molecule has 0 aliphatic carbocycles. The Morgan fingerprint density at radius 1 is 0.947 bits per heavy atom. The lowest BCUT2D eigenvalue weighted by Crippen LogP contribution is -2.33. The fraction of sp³-hybridized carbons (Fsp3) is 0.0714. The van der Waals surface area contributed by atoms with Crippen molar-refractivity contribution in [1.82, 2.24) is 5.43 Å². The van der Waals surface area contributed by atoms with Gasteiger partial charge in [0.05, 0.1) is 12.8 Å². The quantitative estimate of drug-likeness (QED) is 0.590. The van der Waals surface area contributed by atoms with Gasteiger partial charge in [0, 0.05) is 5.69 Å². The maximum Gasteiger partial charge on any atom is 0.189 e. The van der Waals surface area contributed by atoms with Gasteiger partial charge in [-0.05, 0) is 48.6 Å². The Labute approximate surface area is 117 Å². The second-order valence-corrected chi connectivity index (χ2v) is 4.21. The maximum absolute atomic E-state index is 5.18. The summed E-state index contributed by atoms with van der Waals surface area (Å²) in [6.45, 7) is 0. The summed E-state index contributed by atoms with van der Waals surface area (Å²) < 4.78 is 5.09. The molecule has 0 bridgehead atoms. The molecule has 19 heavy (non-hydrogen) atoms. The minimum atomic E-state index is 0.494. The van der Waals surface area contributed by atoms with Gasteiger partial charge in [0.2, 0.25) is 0 Å². The van der Waals surface area contributed by atoms with Crippen LogP contribution < -0.4 is 20.9 Å². The van der Waals surface area contributed by atoms with Gasteiger partial charge in [-0.15, -0.1) is 0 Å². The summed E-state index contributed by atoms with van der Waals surface area (Å²) in [6, 6.07) is 17.3. The van der Waals surface area contributed by atoms with Crippen molar-refractivity contribution in [3.8, 4) is 5.75 Å². The summed E-state index contributed by atoms with van der Waals surface area (Å²) in [5, 5.41) is 3.56. The molecule has 0 radical (unpaired) electrons. The zero-order valence-corrected chi connectivity index (χ0v) is 11.3. The number of hydrogen-bond acceptors (Lipinski definition) is 3. The molecule has 0 atom stereocenters. The van der Waals surface area contributed by atoms with Crippen LogP contribution in [-0.4, -0.2) is 12.2 Å². The normalized spacial score (nSPS) is 9.53. The molecule has 0 spiro atoms. The van der Waals surface area contributed by atoms with Gasteiger partial charge in [-0.25, -0.2) is 0 Å². The molecule has 0 fully saturated rings. The van der Waals surface area contributed by atoms with Gasteiger partial charge in [0.1, 0.15) is 5.75 Å². The van der Waals surface area contributed by atoms with Gasteiger partial charge in [0.15, 0.2) is 5.11 Å². The Hall–Kier alpha value is -2.27. The second kappa shape index (κ2) is 6.61. The van der Waals surface area contributed by atoms with E-state index >= 15 is 0 Å². The van der Waals surface area contributed by atoms with E-state index in [0.29, 0.717) is 5.11 Å². The first-order valence-corrected chi connectivity index (χ1v) is 6.21. The zero-order chi connectivity index (χ0) is 13.5. The number of methoxy groups -OCH3 is 1. The van der Waals surface area contributed by atoms with Gasteiger partial charge < -0.3 is 10.1 Å². The third kappa shape index (κ3) is 4.15. The SMILES string of the molecule is COc1ccc(NC(=S)NNc2ccccc2)cc1. The number of thiocarbonyl (C=S) groups is 1. The molecule has 4 nitrogen and oxygen atoms in total. The number of anilines is 2. The molecule has 0 unspecified atom stereocenters. The number of hydrogen-bond donors (Lipinski definition) is 3. The Morgan fingerprint density at radius 2 is 1.63 bits per heavy atom. The summed E-state index contributed by atoms with van der Waals surface area (Å²) >= 11 is 5.18. The number of hydrazine groups is 1. The van der Waals surface area contributed by atoms with Crippen LogP contribution in [0.2, 0.25) is 0 Å². The Balaban J connectivity index is 1.83. The molecule has 3 N–H and O–H groups in total. The second-order valence-electron chi connectivity index (χ2n) is 3.80. The van der Waals surface area contributed by atoms with E-state index in [9.17, 15) is 0 Å². The molecule has 2 aromatic rings. The molecule has 0 saturated heterocycles. The van der Waals surface area contributed by atoms with Crippen LogP contribution in [0.25, 0.3) is 0 Å². The van der Waals surface area contributed by atoms with Crippen molar-refractivity contribution in [2.24, 2.45) is 0 Å². The number of rotatable bonds is 4. The van der Waals surface area contributed by atoms with Crippen LogP contribution in [0.4, 0.5) is 11.4 Å². The molecular weight excluding hydrogens is 258 g/mol. The highest BCUT2D eigenvalue weighted by molar-refractivity contribution is 7.80. The predicted octanol–water partition coefficient (Wildman–Crippen LogP) is 3.01. The third-order valence-corrected chi connectivity index (χ3v) is 2.65. The van der Waals surface area contributed by atoms with Gasteiger partial charge >= 0.3 is 0 Å². The van der Waals surface area contributed by atoms with Gasteiger partial charge in [-0.3, -0.25) is 10.9 Å². The van der Waals surface area contributed by atoms with Crippen LogP contribution in [0, 0.1) is 0 Å². The molecular formula is C14H15N3OS. The smallest absolute Gasteiger partial charge is 0.189 e. The summed E-state index contributed by atoms with van der Waals surface area (Å²) in [5.74, 6) is 0.812. The van der Waals surface area contributed by atoms with Crippen LogP contribution in [0.1, 0.15) is 0 Å². The summed E-state index contributed by atoms with van der Waals surface area (Å²) in [7, 11) is 1.64. The van der Waals surface area contributed by atoms with Crippen molar-refractivity contribution in [1.29, 1.82) is 0 Å². The van der Waals surface area contributed by atoms with E-state index in [1.807, 2.05) is 54.6 Å². The summed E-state index contributed by atoms with van der Waals surface area (Å²) in [4.78, 5) is 0. The number of nitrogens with one attached hydrogen (secondary N) is 3. The fourth-order valence-corrected chi connectivity index (χ4v) is 1.66. The van der Waals surface area contributed by atoms with Crippen LogP contribution in [0.3, 0.4) is 0 Å². The van der Waals surface area contributed by atoms with E-state index in [4.69, 9.17) is 17.0 Å². The molecule has 5 heteroatoms. The van der Waals surface area contributed by atoms with Crippen LogP contribution in [-0.2, 0) is 0 Å². The number of benzene rings is 2.